The minimum atomic E-state index is -1.27. The van der Waals surface area contributed by atoms with E-state index in [1.54, 1.807) is 6.07 Å². The van der Waals surface area contributed by atoms with Crippen LogP contribution >= 0.6 is 0 Å². The Morgan fingerprint density at radius 1 is 1.35 bits per heavy atom. The summed E-state index contributed by atoms with van der Waals surface area (Å²) in [5.41, 5.74) is 1.18. The van der Waals surface area contributed by atoms with Crippen molar-refractivity contribution in [2.75, 3.05) is 5.32 Å². The first kappa shape index (κ1) is 14.1. The Labute approximate surface area is 116 Å². The zero-order valence-electron chi connectivity index (χ0n) is 11.5. The van der Waals surface area contributed by atoms with Crippen LogP contribution in [-0.2, 0) is 0 Å². The van der Waals surface area contributed by atoms with Crippen LogP contribution in [0.2, 0.25) is 0 Å². The third-order valence-corrected chi connectivity index (χ3v) is 3.13. The van der Waals surface area contributed by atoms with Crippen molar-refractivity contribution in [1.29, 1.82) is 0 Å². The normalized spacial score (nSPS) is 12.2. The van der Waals surface area contributed by atoms with Crippen LogP contribution in [-0.4, -0.2) is 11.1 Å². The Morgan fingerprint density at radius 2 is 2.05 bits per heavy atom. The number of halogens is 1. The molecule has 106 valence electrons. The Kier molecular flexibility index (Phi) is 3.79. The van der Waals surface area contributed by atoms with Crippen LogP contribution in [0.1, 0.15) is 40.4 Å². The van der Waals surface area contributed by atoms with E-state index in [0.717, 1.165) is 17.1 Å². The van der Waals surface area contributed by atoms with Crippen LogP contribution in [0, 0.1) is 19.7 Å². The molecule has 0 aliphatic heterocycles. The molecule has 20 heavy (non-hydrogen) atoms. The second kappa shape index (κ2) is 5.36. The first-order chi connectivity index (χ1) is 9.38. The highest BCUT2D eigenvalue weighted by Crippen LogP contribution is 2.25. The molecule has 2 N–H and O–H groups in total. The summed E-state index contributed by atoms with van der Waals surface area (Å²) in [6.45, 7) is 5.67. The average Bonchev–Trinajstić information content (AvgIpc) is 2.68. The Balaban J connectivity index is 2.20. The average molecular weight is 277 g/mol. The van der Waals surface area contributed by atoms with E-state index in [9.17, 15) is 9.18 Å². The summed E-state index contributed by atoms with van der Waals surface area (Å²) >= 11 is 0. The third-order valence-electron chi connectivity index (χ3n) is 3.13. The predicted molar refractivity (Wildman–Crippen MR) is 73.6 cm³/mol. The van der Waals surface area contributed by atoms with Gasteiger partial charge in [-0.05, 0) is 45.0 Å². The van der Waals surface area contributed by atoms with Crippen molar-refractivity contribution in [2.45, 2.75) is 26.8 Å². The largest absolute Gasteiger partial charge is 0.478 e. The first-order valence-corrected chi connectivity index (χ1v) is 6.25. The van der Waals surface area contributed by atoms with E-state index in [4.69, 9.17) is 9.52 Å². The number of aryl methyl sites for hydroxylation is 2. The number of furan rings is 1. The number of carboxylic acids is 1. The molecule has 4 nitrogen and oxygen atoms in total. The van der Waals surface area contributed by atoms with E-state index < -0.39 is 11.8 Å². The molecule has 0 aliphatic carbocycles. The highest BCUT2D eigenvalue weighted by atomic mass is 19.1. The second-order valence-corrected chi connectivity index (χ2v) is 4.73. The molecule has 2 rings (SSSR count). The standard InChI is InChI=1S/C15H16FNO3/c1-8-6-13(10(3)20-8)9(2)17-11-4-5-12(15(18)19)14(16)7-11/h4-7,9,17H,1-3H3,(H,18,19). The number of anilines is 1. The van der Waals surface area contributed by atoms with Gasteiger partial charge in [0, 0.05) is 11.3 Å². The van der Waals surface area contributed by atoms with Crippen molar-refractivity contribution in [3.05, 3.63) is 52.7 Å². The number of carbonyl (C=O) groups is 1. The first-order valence-electron chi connectivity index (χ1n) is 6.25. The predicted octanol–water partition coefficient (Wildman–Crippen LogP) is 3.91. The molecule has 0 aliphatic rings. The summed E-state index contributed by atoms with van der Waals surface area (Å²) in [5.74, 6) is -0.401. The van der Waals surface area contributed by atoms with Gasteiger partial charge in [-0.3, -0.25) is 0 Å². The number of nitrogens with one attached hydrogen (secondary N) is 1. The van der Waals surface area contributed by atoms with Crippen LogP contribution < -0.4 is 5.32 Å². The van der Waals surface area contributed by atoms with Gasteiger partial charge in [-0.2, -0.15) is 0 Å². The van der Waals surface area contributed by atoms with E-state index in [1.807, 2.05) is 26.8 Å². The summed E-state index contributed by atoms with van der Waals surface area (Å²) in [4.78, 5) is 10.8. The van der Waals surface area contributed by atoms with Crippen LogP contribution in [0.4, 0.5) is 10.1 Å². The van der Waals surface area contributed by atoms with Crippen LogP contribution in [0.15, 0.2) is 28.7 Å². The molecule has 0 bridgehead atoms. The summed E-state index contributed by atoms with van der Waals surface area (Å²) < 4.78 is 19.1. The lowest BCUT2D eigenvalue weighted by Crippen LogP contribution is -2.08. The molecular formula is C15H16FNO3. The van der Waals surface area contributed by atoms with Crippen molar-refractivity contribution in [1.82, 2.24) is 0 Å². The molecule has 0 saturated heterocycles. The number of benzene rings is 1. The summed E-state index contributed by atoms with van der Waals surface area (Å²) in [5, 5.41) is 11.9. The summed E-state index contributed by atoms with van der Waals surface area (Å²) in [7, 11) is 0. The molecule has 5 heteroatoms. The maximum absolute atomic E-state index is 13.6. The highest BCUT2D eigenvalue weighted by molar-refractivity contribution is 5.88. The van der Waals surface area contributed by atoms with Crippen molar-refractivity contribution in [3.63, 3.8) is 0 Å². The molecule has 1 unspecified atom stereocenters. The van der Waals surface area contributed by atoms with E-state index in [2.05, 4.69) is 5.32 Å². The number of hydrogen-bond acceptors (Lipinski definition) is 3. The topological polar surface area (TPSA) is 62.5 Å². The van der Waals surface area contributed by atoms with Gasteiger partial charge in [0.25, 0.3) is 0 Å². The smallest absolute Gasteiger partial charge is 0.338 e. The molecule has 2 aromatic rings. The third kappa shape index (κ3) is 2.82. The quantitative estimate of drug-likeness (QED) is 0.889. The molecule has 0 amide bonds. The van der Waals surface area contributed by atoms with Crippen LogP contribution in [0.5, 0.6) is 0 Å². The minimum absolute atomic E-state index is 0.0671. The summed E-state index contributed by atoms with van der Waals surface area (Å²) in [6, 6.07) is 5.84. The lowest BCUT2D eigenvalue weighted by molar-refractivity contribution is 0.0692. The van der Waals surface area contributed by atoms with Crippen LogP contribution in [0.3, 0.4) is 0 Å². The van der Waals surface area contributed by atoms with E-state index >= 15 is 0 Å². The molecule has 0 saturated carbocycles. The fourth-order valence-electron chi connectivity index (χ4n) is 2.19. The molecule has 0 fully saturated rings. The van der Waals surface area contributed by atoms with E-state index in [1.165, 1.54) is 12.1 Å². The molecule has 1 heterocycles. The Bertz CT molecular complexity index is 649. The monoisotopic (exact) mass is 277 g/mol. The second-order valence-electron chi connectivity index (χ2n) is 4.73. The van der Waals surface area contributed by atoms with Gasteiger partial charge in [0.05, 0.1) is 11.6 Å². The van der Waals surface area contributed by atoms with Crippen LogP contribution in [0.25, 0.3) is 0 Å². The number of hydrogen-bond donors (Lipinski definition) is 2. The Morgan fingerprint density at radius 3 is 2.55 bits per heavy atom. The van der Waals surface area contributed by atoms with Gasteiger partial charge in [-0.1, -0.05) is 0 Å². The van der Waals surface area contributed by atoms with E-state index in [0.29, 0.717) is 5.69 Å². The van der Waals surface area contributed by atoms with E-state index in [-0.39, 0.29) is 11.6 Å². The van der Waals surface area contributed by atoms with Crippen molar-refractivity contribution >= 4 is 11.7 Å². The van der Waals surface area contributed by atoms with Gasteiger partial charge < -0.3 is 14.8 Å². The van der Waals surface area contributed by atoms with Crippen molar-refractivity contribution < 1.29 is 18.7 Å². The highest BCUT2D eigenvalue weighted by Gasteiger charge is 2.14. The molecular weight excluding hydrogens is 261 g/mol. The maximum Gasteiger partial charge on any atom is 0.338 e. The summed E-state index contributed by atoms with van der Waals surface area (Å²) in [6.07, 6.45) is 0. The lowest BCUT2D eigenvalue weighted by atomic mass is 10.1. The Hall–Kier alpha value is -2.30. The molecule has 1 aromatic carbocycles. The molecule has 1 aromatic heterocycles. The van der Waals surface area contributed by atoms with Gasteiger partial charge in [0.2, 0.25) is 0 Å². The fraction of sp³-hybridized carbons (Fsp3) is 0.267. The molecule has 1 atom stereocenters. The minimum Gasteiger partial charge on any atom is -0.478 e. The van der Waals surface area contributed by atoms with Gasteiger partial charge in [0.15, 0.2) is 0 Å². The van der Waals surface area contributed by atoms with Gasteiger partial charge in [-0.25, -0.2) is 9.18 Å². The lowest BCUT2D eigenvalue weighted by Gasteiger charge is -2.15. The van der Waals surface area contributed by atoms with Crippen molar-refractivity contribution in [3.8, 4) is 0 Å². The fourth-order valence-corrected chi connectivity index (χ4v) is 2.19. The zero-order valence-corrected chi connectivity index (χ0v) is 11.5. The van der Waals surface area contributed by atoms with Gasteiger partial charge in [0.1, 0.15) is 17.3 Å². The number of aromatic carboxylic acids is 1. The van der Waals surface area contributed by atoms with Gasteiger partial charge in [-0.15, -0.1) is 0 Å². The SMILES string of the molecule is Cc1cc(C(C)Nc2ccc(C(=O)O)c(F)c2)c(C)o1. The molecule has 0 spiro atoms. The number of carboxylic acid groups (broad SMARTS) is 1. The number of rotatable bonds is 4. The van der Waals surface area contributed by atoms with Crippen molar-refractivity contribution in [2.24, 2.45) is 0 Å². The molecule has 0 radical (unpaired) electrons. The zero-order chi connectivity index (χ0) is 14.9. The van der Waals surface area contributed by atoms with Gasteiger partial charge >= 0.3 is 5.97 Å². The maximum atomic E-state index is 13.6.